The summed E-state index contributed by atoms with van der Waals surface area (Å²) < 4.78 is 10.8. The highest BCUT2D eigenvalue weighted by molar-refractivity contribution is 5.87. The van der Waals surface area contributed by atoms with Gasteiger partial charge in [0, 0.05) is 37.9 Å². The van der Waals surface area contributed by atoms with Gasteiger partial charge in [-0.3, -0.25) is 19.4 Å². The molecule has 8 heteroatoms. The molecule has 1 aliphatic carbocycles. The first-order valence-electron chi connectivity index (χ1n) is 10.4. The van der Waals surface area contributed by atoms with E-state index in [9.17, 15) is 14.4 Å². The topological polar surface area (TPSA) is 89.0 Å². The lowest BCUT2D eigenvalue weighted by atomic mass is 9.93. The fourth-order valence-corrected chi connectivity index (χ4v) is 3.77. The zero-order chi connectivity index (χ0) is 21.3. The third kappa shape index (κ3) is 6.13. The third-order valence-corrected chi connectivity index (χ3v) is 5.51. The van der Waals surface area contributed by atoms with E-state index in [1.165, 1.54) is 7.11 Å². The van der Waals surface area contributed by atoms with Crippen molar-refractivity contribution in [3.63, 3.8) is 0 Å². The fourth-order valence-electron chi connectivity index (χ4n) is 3.77. The van der Waals surface area contributed by atoms with Crippen LogP contribution in [0, 0.1) is 5.92 Å². The van der Waals surface area contributed by atoms with E-state index >= 15 is 0 Å². The molecule has 0 bridgehead atoms. The van der Waals surface area contributed by atoms with Gasteiger partial charge in [0.2, 0.25) is 11.8 Å². The van der Waals surface area contributed by atoms with Crippen LogP contribution in [-0.4, -0.2) is 72.0 Å². The minimum absolute atomic E-state index is 0.0000269. The zero-order valence-corrected chi connectivity index (χ0v) is 17.4. The molecule has 8 nitrogen and oxygen atoms in total. The van der Waals surface area contributed by atoms with Gasteiger partial charge in [0.05, 0.1) is 32.8 Å². The van der Waals surface area contributed by atoms with Gasteiger partial charge < -0.3 is 19.3 Å². The van der Waals surface area contributed by atoms with Crippen LogP contribution in [-0.2, 0) is 30.5 Å². The molecule has 1 aromatic heterocycles. The molecule has 1 aromatic rings. The number of carbonyl (C=O) groups excluding carboxylic acids is 3. The number of hydrogen-bond acceptors (Lipinski definition) is 6. The van der Waals surface area contributed by atoms with Crippen LogP contribution >= 0.6 is 0 Å². The lowest BCUT2D eigenvalue weighted by molar-refractivity contribution is -0.143. The first-order valence-corrected chi connectivity index (χ1v) is 10.4. The van der Waals surface area contributed by atoms with E-state index in [1.54, 1.807) is 22.2 Å². The molecule has 0 spiro atoms. The number of methoxy groups -OCH3 is 1. The molecule has 1 fully saturated rings. The Labute approximate surface area is 176 Å². The molecule has 162 valence electrons. The molecule has 2 heterocycles. The molecule has 1 saturated heterocycles. The molecule has 1 aliphatic heterocycles. The lowest BCUT2D eigenvalue weighted by Crippen LogP contribution is -2.43. The lowest BCUT2D eigenvalue weighted by Gasteiger charge is -2.28. The summed E-state index contributed by atoms with van der Waals surface area (Å²) in [6.45, 7) is 1.30. The number of hydrogen-bond donors (Lipinski definition) is 0. The van der Waals surface area contributed by atoms with Crippen LogP contribution in [0.1, 0.15) is 31.2 Å². The average Bonchev–Trinajstić information content (AvgIpc) is 2.95. The maximum atomic E-state index is 13.1. The normalized spacial score (nSPS) is 22.0. The molecular formula is C22H29N3O5. The van der Waals surface area contributed by atoms with Crippen molar-refractivity contribution in [3.8, 4) is 0 Å². The number of pyridine rings is 1. The van der Waals surface area contributed by atoms with Crippen molar-refractivity contribution in [3.05, 3.63) is 42.2 Å². The predicted molar refractivity (Wildman–Crippen MR) is 109 cm³/mol. The number of aromatic nitrogens is 1. The van der Waals surface area contributed by atoms with Crippen molar-refractivity contribution in [1.82, 2.24) is 14.8 Å². The van der Waals surface area contributed by atoms with Crippen LogP contribution < -0.4 is 0 Å². The maximum absolute atomic E-state index is 13.1. The summed E-state index contributed by atoms with van der Waals surface area (Å²) in [6, 6.07) is 3.74. The van der Waals surface area contributed by atoms with Gasteiger partial charge in [-0.1, -0.05) is 12.2 Å². The van der Waals surface area contributed by atoms with E-state index in [0.717, 1.165) is 18.4 Å². The second-order valence-corrected chi connectivity index (χ2v) is 7.65. The van der Waals surface area contributed by atoms with E-state index in [2.05, 4.69) is 11.1 Å². The van der Waals surface area contributed by atoms with Crippen LogP contribution in [0.2, 0.25) is 0 Å². The van der Waals surface area contributed by atoms with Crippen molar-refractivity contribution < 1.29 is 23.9 Å². The largest absolute Gasteiger partial charge is 0.469 e. The van der Waals surface area contributed by atoms with Crippen LogP contribution in [0.15, 0.2) is 36.7 Å². The van der Waals surface area contributed by atoms with Gasteiger partial charge in [-0.2, -0.15) is 0 Å². The van der Waals surface area contributed by atoms with Gasteiger partial charge in [-0.15, -0.1) is 0 Å². The molecule has 0 radical (unpaired) electrons. The Morgan fingerprint density at radius 2 is 2.00 bits per heavy atom. The number of amides is 2. The van der Waals surface area contributed by atoms with E-state index in [0.29, 0.717) is 26.1 Å². The van der Waals surface area contributed by atoms with E-state index in [-0.39, 0.29) is 49.3 Å². The number of nitrogens with zero attached hydrogens (tertiary/aromatic N) is 3. The molecule has 0 N–H and O–H groups in total. The second-order valence-electron chi connectivity index (χ2n) is 7.65. The Morgan fingerprint density at radius 3 is 2.70 bits per heavy atom. The highest BCUT2D eigenvalue weighted by Crippen LogP contribution is 2.22. The number of rotatable bonds is 7. The number of allylic oxidation sites excluding steroid dienone is 2. The molecule has 0 unspecified atom stereocenters. The summed E-state index contributed by atoms with van der Waals surface area (Å²) in [5, 5.41) is 0. The quantitative estimate of drug-likeness (QED) is 0.496. The highest BCUT2D eigenvalue weighted by atomic mass is 16.5. The van der Waals surface area contributed by atoms with Gasteiger partial charge in [0.1, 0.15) is 0 Å². The predicted octanol–water partition coefficient (Wildman–Crippen LogP) is 1.56. The second kappa shape index (κ2) is 10.9. The van der Waals surface area contributed by atoms with Gasteiger partial charge in [0.15, 0.2) is 0 Å². The van der Waals surface area contributed by atoms with E-state index in [1.807, 2.05) is 18.2 Å². The minimum Gasteiger partial charge on any atom is -0.469 e. The van der Waals surface area contributed by atoms with Crippen LogP contribution in [0.4, 0.5) is 0 Å². The smallest absolute Gasteiger partial charge is 0.307 e. The summed E-state index contributed by atoms with van der Waals surface area (Å²) in [6.07, 6.45) is 9.68. The molecule has 2 aliphatic rings. The average molecular weight is 415 g/mol. The maximum Gasteiger partial charge on any atom is 0.307 e. The van der Waals surface area contributed by atoms with Crippen molar-refractivity contribution in [2.45, 2.75) is 38.4 Å². The number of esters is 1. The molecule has 2 amide bonds. The Morgan fingerprint density at radius 1 is 1.20 bits per heavy atom. The fraction of sp³-hybridized carbons (Fsp3) is 0.545. The zero-order valence-electron chi connectivity index (χ0n) is 17.4. The third-order valence-electron chi connectivity index (χ3n) is 5.51. The van der Waals surface area contributed by atoms with E-state index < -0.39 is 0 Å². The van der Waals surface area contributed by atoms with Gasteiger partial charge in [0.25, 0.3) is 0 Å². The Balaban J connectivity index is 1.69. The van der Waals surface area contributed by atoms with Crippen molar-refractivity contribution in [2.24, 2.45) is 5.92 Å². The Hall–Kier alpha value is -2.74. The first kappa shape index (κ1) is 22.0. The van der Waals surface area contributed by atoms with Crippen molar-refractivity contribution in [2.75, 3.05) is 33.3 Å². The summed E-state index contributed by atoms with van der Waals surface area (Å²) in [4.78, 5) is 44.7. The summed E-state index contributed by atoms with van der Waals surface area (Å²) in [5.41, 5.74) is 0.969. The minimum atomic E-state index is -0.372. The van der Waals surface area contributed by atoms with Crippen LogP contribution in [0.5, 0.6) is 0 Å². The van der Waals surface area contributed by atoms with E-state index in [4.69, 9.17) is 9.47 Å². The molecule has 30 heavy (non-hydrogen) atoms. The van der Waals surface area contributed by atoms with Crippen LogP contribution in [0.3, 0.4) is 0 Å². The van der Waals surface area contributed by atoms with Gasteiger partial charge >= 0.3 is 5.97 Å². The summed E-state index contributed by atoms with van der Waals surface area (Å²) in [5.74, 6) is -0.637. The summed E-state index contributed by atoms with van der Waals surface area (Å²) in [7, 11) is 1.33. The molecular weight excluding hydrogens is 386 g/mol. The molecule has 3 rings (SSSR count). The van der Waals surface area contributed by atoms with Gasteiger partial charge in [-0.25, -0.2) is 0 Å². The van der Waals surface area contributed by atoms with Crippen molar-refractivity contribution >= 4 is 17.8 Å². The monoisotopic (exact) mass is 415 g/mol. The number of carbonyl (C=O) groups is 3. The highest BCUT2D eigenvalue weighted by Gasteiger charge is 2.33. The molecule has 2 atom stereocenters. The standard InChI is InChI=1S/C22H29N3O5/c1-29-21(27)9-12-24-13-19(30-16-17-7-10-23-11-8-17)14-25(15-20(24)26)22(28)18-5-3-2-4-6-18/h2-3,7-8,10-11,18-19H,4-6,9,12-16H2,1H3/t18-,19+/m0/s1. The number of ether oxygens (including phenoxy) is 2. The Kier molecular flexibility index (Phi) is 7.96. The SMILES string of the molecule is COC(=O)CCN1C[C@@H](OCc2ccncc2)CN(C(=O)[C@H]2CC=CCC2)CC1=O. The molecule has 0 saturated carbocycles. The van der Waals surface area contributed by atoms with Crippen LogP contribution in [0.25, 0.3) is 0 Å². The Bertz CT molecular complexity index is 767. The summed E-state index contributed by atoms with van der Waals surface area (Å²) >= 11 is 0. The first-order chi connectivity index (χ1) is 14.6. The molecule has 0 aromatic carbocycles. The van der Waals surface area contributed by atoms with Crippen molar-refractivity contribution in [1.29, 1.82) is 0 Å². The van der Waals surface area contributed by atoms with Gasteiger partial charge in [-0.05, 0) is 37.0 Å².